The maximum absolute atomic E-state index is 10.3. The first-order chi connectivity index (χ1) is 13.6. The van der Waals surface area contributed by atoms with E-state index in [1.54, 1.807) is 14.2 Å². The van der Waals surface area contributed by atoms with Gasteiger partial charge in [0.25, 0.3) is 0 Å². The molecule has 0 spiro atoms. The molecule has 28 heavy (non-hydrogen) atoms. The van der Waals surface area contributed by atoms with Crippen LogP contribution >= 0.6 is 0 Å². The van der Waals surface area contributed by atoms with Crippen molar-refractivity contribution in [3.05, 3.63) is 58.7 Å². The molecule has 2 aromatic carbocycles. The first-order valence-corrected chi connectivity index (χ1v) is 10.2. The van der Waals surface area contributed by atoms with Crippen LogP contribution in [-0.2, 0) is 12.8 Å². The molecule has 4 nitrogen and oxygen atoms in total. The minimum Gasteiger partial charge on any atom is -0.496 e. The van der Waals surface area contributed by atoms with Crippen LogP contribution in [0.2, 0.25) is 0 Å². The summed E-state index contributed by atoms with van der Waals surface area (Å²) in [6.45, 7) is 2.27. The number of methoxy groups -OCH3 is 2. The summed E-state index contributed by atoms with van der Waals surface area (Å²) in [5, 5.41) is 19.9. The van der Waals surface area contributed by atoms with Gasteiger partial charge in [0, 0.05) is 19.1 Å². The number of aryl methyl sites for hydroxylation is 1. The quantitative estimate of drug-likeness (QED) is 0.755. The Bertz CT molecular complexity index is 769. The predicted molar refractivity (Wildman–Crippen MR) is 111 cm³/mol. The van der Waals surface area contributed by atoms with Gasteiger partial charge in [0.2, 0.25) is 0 Å². The standard InChI is InChI=1S/C24H32O4/c1-4-16-5-7-17(8-6-16)9-20-13-22(24(28-3)14-23(20)27-2)19-10-18(15-25)11-21(26)12-19/h5-8,13-14,18-19,21,25-26H,4,9-12,15H2,1-3H3. The zero-order chi connectivity index (χ0) is 20.1. The van der Waals surface area contributed by atoms with E-state index < -0.39 is 0 Å². The molecule has 152 valence electrons. The molecule has 3 unspecified atom stereocenters. The fourth-order valence-corrected chi connectivity index (χ4v) is 4.37. The fourth-order valence-electron chi connectivity index (χ4n) is 4.37. The van der Waals surface area contributed by atoms with Crippen molar-refractivity contribution in [1.82, 2.24) is 0 Å². The smallest absolute Gasteiger partial charge is 0.126 e. The lowest BCUT2D eigenvalue weighted by atomic mass is 9.76. The third-order valence-electron chi connectivity index (χ3n) is 5.94. The van der Waals surface area contributed by atoms with Gasteiger partial charge in [0.05, 0.1) is 20.3 Å². The largest absolute Gasteiger partial charge is 0.496 e. The Hall–Kier alpha value is -2.04. The summed E-state index contributed by atoms with van der Waals surface area (Å²) in [7, 11) is 3.36. The van der Waals surface area contributed by atoms with Crippen molar-refractivity contribution in [2.75, 3.05) is 20.8 Å². The van der Waals surface area contributed by atoms with E-state index in [1.165, 1.54) is 11.1 Å². The summed E-state index contributed by atoms with van der Waals surface area (Å²) in [4.78, 5) is 0. The second-order valence-electron chi connectivity index (χ2n) is 7.86. The monoisotopic (exact) mass is 384 g/mol. The predicted octanol–water partition coefficient (Wildman–Crippen LogP) is 4.09. The van der Waals surface area contributed by atoms with Gasteiger partial charge in [-0.15, -0.1) is 0 Å². The van der Waals surface area contributed by atoms with Crippen molar-refractivity contribution in [2.45, 2.75) is 51.0 Å². The molecular weight excluding hydrogens is 352 g/mol. The molecule has 3 atom stereocenters. The number of hydrogen-bond acceptors (Lipinski definition) is 4. The van der Waals surface area contributed by atoms with E-state index in [4.69, 9.17) is 9.47 Å². The summed E-state index contributed by atoms with van der Waals surface area (Å²) in [6, 6.07) is 12.8. The Labute approximate surface area is 168 Å². The van der Waals surface area contributed by atoms with Crippen LogP contribution in [0.25, 0.3) is 0 Å². The molecule has 1 fully saturated rings. The minimum absolute atomic E-state index is 0.114. The lowest BCUT2D eigenvalue weighted by Crippen LogP contribution is -2.27. The number of benzene rings is 2. The fraction of sp³-hybridized carbons (Fsp3) is 0.500. The van der Waals surface area contributed by atoms with Crippen molar-refractivity contribution < 1.29 is 19.7 Å². The molecule has 0 bridgehead atoms. The average molecular weight is 385 g/mol. The van der Waals surface area contributed by atoms with E-state index in [-0.39, 0.29) is 24.5 Å². The second kappa shape index (κ2) is 9.44. The van der Waals surface area contributed by atoms with E-state index in [0.717, 1.165) is 41.9 Å². The van der Waals surface area contributed by atoms with Crippen LogP contribution in [0.15, 0.2) is 36.4 Å². The first-order valence-electron chi connectivity index (χ1n) is 10.2. The van der Waals surface area contributed by atoms with E-state index in [2.05, 4.69) is 37.3 Å². The van der Waals surface area contributed by atoms with Gasteiger partial charge in [-0.2, -0.15) is 0 Å². The lowest BCUT2D eigenvalue weighted by Gasteiger charge is -2.33. The maximum Gasteiger partial charge on any atom is 0.126 e. The topological polar surface area (TPSA) is 58.9 Å². The Morgan fingerprint density at radius 3 is 2.21 bits per heavy atom. The van der Waals surface area contributed by atoms with Crippen molar-refractivity contribution in [1.29, 1.82) is 0 Å². The van der Waals surface area contributed by atoms with E-state index in [1.807, 2.05) is 6.07 Å². The molecule has 0 amide bonds. The number of rotatable bonds is 7. The maximum atomic E-state index is 10.3. The van der Waals surface area contributed by atoms with Gasteiger partial charge in [0.15, 0.2) is 0 Å². The zero-order valence-corrected chi connectivity index (χ0v) is 17.1. The van der Waals surface area contributed by atoms with Gasteiger partial charge in [-0.05, 0) is 65.8 Å². The van der Waals surface area contributed by atoms with Crippen LogP contribution in [0, 0.1) is 5.92 Å². The van der Waals surface area contributed by atoms with Crippen LogP contribution in [0.5, 0.6) is 11.5 Å². The van der Waals surface area contributed by atoms with Crippen LogP contribution in [0.4, 0.5) is 0 Å². The van der Waals surface area contributed by atoms with Gasteiger partial charge in [-0.1, -0.05) is 31.2 Å². The van der Waals surface area contributed by atoms with Crippen LogP contribution in [0.3, 0.4) is 0 Å². The molecule has 1 aliphatic carbocycles. The van der Waals surface area contributed by atoms with Crippen molar-refractivity contribution in [3.8, 4) is 11.5 Å². The summed E-state index contributed by atoms with van der Waals surface area (Å²) < 4.78 is 11.3. The lowest BCUT2D eigenvalue weighted by molar-refractivity contribution is 0.0645. The number of ether oxygens (including phenoxy) is 2. The highest BCUT2D eigenvalue weighted by Crippen LogP contribution is 2.42. The Balaban J connectivity index is 1.94. The highest BCUT2D eigenvalue weighted by molar-refractivity contribution is 5.50. The molecule has 2 aromatic rings. The molecular formula is C24H32O4. The SMILES string of the molecule is CCc1ccc(Cc2cc(C3CC(O)CC(CO)C3)c(OC)cc2OC)cc1. The van der Waals surface area contributed by atoms with Gasteiger partial charge in [-0.3, -0.25) is 0 Å². The summed E-state index contributed by atoms with van der Waals surface area (Å²) in [5.41, 5.74) is 4.78. The third kappa shape index (κ3) is 4.68. The summed E-state index contributed by atoms with van der Waals surface area (Å²) >= 11 is 0. The summed E-state index contributed by atoms with van der Waals surface area (Å²) in [6.07, 6.45) is 3.66. The molecule has 3 rings (SSSR count). The Morgan fingerprint density at radius 1 is 0.929 bits per heavy atom. The molecule has 1 saturated carbocycles. The van der Waals surface area contributed by atoms with E-state index in [0.29, 0.717) is 12.8 Å². The highest BCUT2D eigenvalue weighted by Gasteiger charge is 2.30. The molecule has 0 aliphatic heterocycles. The van der Waals surface area contributed by atoms with Crippen LogP contribution < -0.4 is 9.47 Å². The zero-order valence-electron chi connectivity index (χ0n) is 17.1. The molecule has 1 aliphatic rings. The summed E-state index contributed by atoms with van der Waals surface area (Å²) in [5.74, 6) is 1.90. The van der Waals surface area contributed by atoms with Crippen LogP contribution in [-0.4, -0.2) is 37.1 Å². The van der Waals surface area contributed by atoms with Crippen LogP contribution in [0.1, 0.15) is 54.4 Å². The molecule has 0 saturated heterocycles. The average Bonchev–Trinajstić information content (AvgIpc) is 2.73. The minimum atomic E-state index is -0.382. The molecule has 0 heterocycles. The third-order valence-corrected chi connectivity index (χ3v) is 5.94. The van der Waals surface area contributed by atoms with Gasteiger partial charge in [-0.25, -0.2) is 0 Å². The molecule has 2 N–H and O–H groups in total. The van der Waals surface area contributed by atoms with Gasteiger partial charge in [0.1, 0.15) is 11.5 Å². The van der Waals surface area contributed by atoms with Crippen molar-refractivity contribution >= 4 is 0 Å². The van der Waals surface area contributed by atoms with E-state index in [9.17, 15) is 10.2 Å². The van der Waals surface area contributed by atoms with Gasteiger partial charge >= 0.3 is 0 Å². The Morgan fingerprint density at radius 2 is 1.61 bits per heavy atom. The molecule has 0 radical (unpaired) electrons. The second-order valence-corrected chi connectivity index (χ2v) is 7.86. The van der Waals surface area contributed by atoms with E-state index >= 15 is 0 Å². The van der Waals surface area contributed by atoms with Crippen molar-refractivity contribution in [3.63, 3.8) is 0 Å². The number of aliphatic hydroxyl groups is 2. The number of aliphatic hydroxyl groups excluding tert-OH is 2. The number of hydrogen-bond donors (Lipinski definition) is 2. The normalized spacial score (nSPS) is 22.1. The van der Waals surface area contributed by atoms with Crippen molar-refractivity contribution in [2.24, 2.45) is 5.92 Å². The molecule has 4 heteroatoms. The Kier molecular flexibility index (Phi) is 6.97. The molecule has 0 aromatic heterocycles. The van der Waals surface area contributed by atoms with Gasteiger partial charge < -0.3 is 19.7 Å². The first kappa shape index (κ1) is 20.7. The highest BCUT2D eigenvalue weighted by atomic mass is 16.5.